The van der Waals surface area contributed by atoms with E-state index in [1.165, 1.54) is 11.1 Å². The lowest BCUT2D eigenvalue weighted by Crippen LogP contribution is -2.09. The van der Waals surface area contributed by atoms with Crippen LogP contribution in [0.3, 0.4) is 0 Å². The van der Waals surface area contributed by atoms with Crippen LogP contribution in [0.4, 0.5) is 0 Å². The fourth-order valence-corrected chi connectivity index (χ4v) is 2.36. The molecule has 2 rings (SSSR count). The van der Waals surface area contributed by atoms with E-state index < -0.39 is 0 Å². The fourth-order valence-electron chi connectivity index (χ4n) is 2.36. The van der Waals surface area contributed by atoms with Gasteiger partial charge < -0.3 is 15.2 Å². The van der Waals surface area contributed by atoms with E-state index in [9.17, 15) is 0 Å². The van der Waals surface area contributed by atoms with Crippen molar-refractivity contribution in [2.24, 2.45) is 11.7 Å². The number of hydrogen-bond acceptors (Lipinski definition) is 3. The quantitative estimate of drug-likeness (QED) is 0.769. The van der Waals surface area contributed by atoms with Gasteiger partial charge in [-0.15, -0.1) is 0 Å². The smallest absolute Gasteiger partial charge is 0.119 e. The molecule has 0 heterocycles. The average Bonchev–Trinajstić information content (AvgIpc) is 2.75. The zero-order valence-corrected chi connectivity index (χ0v) is 12.0. The summed E-state index contributed by atoms with van der Waals surface area (Å²) >= 11 is 0. The minimum absolute atomic E-state index is 0.211. The molecule has 0 bridgehead atoms. The van der Waals surface area contributed by atoms with Crippen LogP contribution < -0.4 is 10.5 Å². The van der Waals surface area contributed by atoms with Crippen molar-refractivity contribution < 1.29 is 9.47 Å². The third-order valence-electron chi connectivity index (χ3n) is 3.57. The molecule has 1 aromatic rings. The maximum atomic E-state index is 6.01. The second kappa shape index (κ2) is 6.92. The Hall–Kier alpha value is -1.06. The molecule has 1 aliphatic rings. The largest absolute Gasteiger partial charge is 0.491 e. The van der Waals surface area contributed by atoms with Crippen LogP contribution in [0.25, 0.3) is 0 Å². The van der Waals surface area contributed by atoms with E-state index in [0.29, 0.717) is 19.1 Å². The van der Waals surface area contributed by atoms with Crippen molar-refractivity contribution in [1.82, 2.24) is 0 Å². The first-order chi connectivity index (χ1) is 9.16. The Kier molecular flexibility index (Phi) is 5.23. The van der Waals surface area contributed by atoms with Gasteiger partial charge in [0.15, 0.2) is 0 Å². The van der Waals surface area contributed by atoms with Crippen molar-refractivity contribution in [2.75, 3.05) is 19.8 Å². The third-order valence-corrected chi connectivity index (χ3v) is 3.57. The van der Waals surface area contributed by atoms with Gasteiger partial charge in [0, 0.05) is 12.6 Å². The Morgan fingerprint density at radius 2 is 2.11 bits per heavy atom. The summed E-state index contributed by atoms with van der Waals surface area (Å²) in [6, 6.07) is 6.44. The van der Waals surface area contributed by atoms with E-state index in [1.54, 1.807) is 0 Å². The lowest BCUT2D eigenvalue weighted by Gasteiger charge is -2.10. The van der Waals surface area contributed by atoms with Gasteiger partial charge in [-0.25, -0.2) is 0 Å². The Morgan fingerprint density at radius 3 is 2.89 bits per heavy atom. The highest BCUT2D eigenvalue weighted by Crippen LogP contribution is 2.31. The van der Waals surface area contributed by atoms with Crippen molar-refractivity contribution in [2.45, 2.75) is 39.2 Å². The molecular formula is C16H25NO2. The van der Waals surface area contributed by atoms with Crippen molar-refractivity contribution in [3.05, 3.63) is 29.3 Å². The monoisotopic (exact) mass is 263 g/mol. The summed E-state index contributed by atoms with van der Waals surface area (Å²) in [4.78, 5) is 0. The molecule has 3 heteroatoms. The van der Waals surface area contributed by atoms with Gasteiger partial charge in [-0.1, -0.05) is 19.9 Å². The van der Waals surface area contributed by atoms with Gasteiger partial charge >= 0.3 is 0 Å². The molecule has 0 spiro atoms. The molecule has 0 saturated carbocycles. The van der Waals surface area contributed by atoms with Crippen LogP contribution in [0.1, 0.15) is 43.9 Å². The Bertz CT molecular complexity index is 404. The predicted molar refractivity (Wildman–Crippen MR) is 77.5 cm³/mol. The Morgan fingerprint density at radius 1 is 1.26 bits per heavy atom. The van der Waals surface area contributed by atoms with Gasteiger partial charge in [0.1, 0.15) is 12.4 Å². The molecule has 0 radical (unpaired) electrons. The molecular weight excluding hydrogens is 238 g/mol. The van der Waals surface area contributed by atoms with Crippen LogP contribution >= 0.6 is 0 Å². The number of hydrogen-bond donors (Lipinski definition) is 1. The van der Waals surface area contributed by atoms with Crippen molar-refractivity contribution in [3.8, 4) is 5.75 Å². The van der Waals surface area contributed by atoms with Crippen LogP contribution in [-0.4, -0.2) is 19.8 Å². The lowest BCUT2D eigenvalue weighted by molar-refractivity contribution is 0.0925. The fraction of sp³-hybridized carbons (Fsp3) is 0.625. The molecule has 0 aromatic heterocycles. The summed E-state index contributed by atoms with van der Waals surface area (Å²) in [5, 5.41) is 0. The first-order valence-corrected chi connectivity index (χ1v) is 7.25. The summed E-state index contributed by atoms with van der Waals surface area (Å²) in [6.45, 7) is 6.50. The van der Waals surface area contributed by atoms with E-state index in [2.05, 4.69) is 26.0 Å². The number of fused-ring (bicyclic) bond motifs is 1. The van der Waals surface area contributed by atoms with Gasteiger partial charge in [0.05, 0.1) is 6.61 Å². The maximum Gasteiger partial charge on any atom is 0.119 e. The predicted octanol–water partition coefficient (Wildman–Crippen LogP) is 3.07. The van der Waals surface area contributed by atoms with Crippen LogP contribution in [0.5, 0.6) is 5.75 Å². The van der Waals surface area contributed by atoms with Crippen molar-refractivity contribution in [1.29, 1.82) is 0 Å². The number of aryl methyl sites for hydroxylation is 1. The van der Waals surface area contributed by atoms with Gasteiger partial charge in [-0.3, -0.25) is 0 Å². The van der Waals surface area contributed by atoms with Gasteiger partial charge in [-0.05, 0) is 48.4 Å². The number of nitrogens with two attached hydrogens (primary N) is 1. The van der Waals surface area contributed by atoms with Gasteiger partial charge in [-0.2, -0.15) is 0 Å². The van der Waals surface area contributed by atoms with Crippen molar-refractivity contribution >= 4 is 0 Å². The van der Waals surface area contributed by atoms with Gasteiger partial charge in [0.25, 0.3) is 0 Å². The van der Waals surface area contributed by atoms with Gasteiger partial charge in [0.2, 0.25) is 0 Å². The molecule has 0 unspecified atom stereocenters. The standard InChI is InChI=1S/C16H25NO2/c1-12(2)7-8-18-9-10-19-14-4-5-15-13(11-14)3-6-16(15)17/h4-5,11-12,16H,3,6-10,17H2,1-2H3/t16-/m1/s1. The Balaban J connectivity index is 1.69. The number of rotatable bonds is 7. The van der Waals surface area contributed by atoms with Crippen molar-refractivity contribution in [3.63, 3.8) is 0 Å². The van der Waals surface area contributed by atoms with Crippen LogP contribution in [0, 0.1) is 5.92 Å². The number of benzene rings is 1. The molecule has 0 fully saturated rings. The van der Waals surface area contributed by atoms with Crippen LogP contribution in [0.15, 0.2) is 18.2 Å². The number of ether oxygens (including phenoxy) is 2. The topological polar surface area (TPSA) is 44.5 Å². The minimum Gasteiger partial charge on any atom is -0.491 e. The van der Waals surface area contributed by atoms with Crippen LogP contribution in [-0.2, 0) is 11.2 Å². The highest BCUT2D eigenvalue weighted by atomic mass is 16.5. The maximum absolute atomic E-state index is 6.01. The first kappa shape index (κ1) is 14.4. The molecule has 0 saturated heterocycles. The summed E-state index contributed by atoms with van der Waals surface area (Å²) < 4.78 is 11.2. The average molecular weight is 263 g/mol. The van der Waals surface area contributed by atoms with E-state index in [-0.39, 0.29) is 6.04 Å². The highest BCUT2D eigenvalue weighted by molar-refractivity contribution is 5.40. The SMILES string of the molecule is CC(C)CCOCCOc1ccc2c(c1)CC[C@H]2N. The van der Waals surface area contributed by atoms with E-state index >= 15 is 0 Å². The molecule has 2 N–H and O–H groups in total. The second-order valence-electron chi connectivity index (χ2n) is 5.65. The zero-order valence-electron chi connectivity index (χ0n) is 12.0. The molecule has 1 atom stereocenters. The molecule has 19 heavy (non-hydrogen) atoms. The Labute approximate surface area is 116 Å². The minimum atomic E-state index is 0.211. The first-order valence-electron chi connectivity index (χ1n) is 7.25. The van der Waals surface area contributed by atoms with Crippen LogP contribution in [0.2, 0.25) is 0 Å². The molecule has 106 valence electrons. The highest BCUT2D eigenvalue weighted by Gasteiger charge is 2.18. The lowest BCUT2D eigenvalue weighted by atomic mass is 10.1. The summed E-state index contributed by atoms with van der Waals surface area (Å²) in [7, 11) is 0. The molecule has 0 aliphatic heterocycles. The summed E-state index contributed by atoms with van der Waals surface area (Å²) in [5.41, 5.74) is 8.63. The van der Waals surface area contributed by atoms with E-state index in [4.69, 9.17) is 15.2 Å². The molecule has 0 amide bonds. The second-order valence-corrected chi connectivity index (χ2v) is 5.65. The third kappa shape index (κ3) is 4.22. The van der Waals surface area contributed by atoms with E-state index in [1.807, 2.05) is 6.07 Å². The molecule has 3 nitrogen and oxygen atoms in total. The molecule has 1 aromatic carbocycles. The normalized spacial score (nSPS) is 17.8. The summed E-state index contributed by atoms with van der Waals surface area (Å²) in [6.07, 6.45) is 3.23. The summed E-state index contributed by atoms with van der Waals surface area (Å²) in [5.74, 6) is 1.63. The van der Waals surface area contributed by atoms with E-state index in [0.717, 1.165) is 31.6 Å². The molecule has 1 aliphatic carbocycles. The zero-order chi connectivity index (χ0) is 13.7.